The van der Waals surface area contributed by atoms with E-state index in [2.05, 4.69) is 24.8 Å². The average molecular weight is 207 g/mol. The monoisotopic (exact) mass is 207 g/mol. The van der Waals surface area contributed by atoms with Crippen LogP contribution in [0.15, 0.2) is 23.1 Å². The van der Waals surface area contributed by atoms with Crippen LogP contribution in [0, 0.1) is 0 Å². The molecule has 1 heterocycles. The van der Waals surface area contributed by atoms with Gasteiger partial charge < -0.3 is 9.64 Å². The summed E-state index contributed by atoms with van der Waals surface area (Å²) < 4.78 is 5.82. The molecule has 2 aliphatic rings. The second-order valence-corrected chi connectivity index (χ2v) is 4.20. The maximum absolute atomic E-state index is 5.82. The van der Waals surface area contributed by atoms with Gasteiger partial charge in [-0.2, -0.15) is 0 Å². The van der Waals surface area contributed by atoms with E-state index in [1.165, 1.54) is 31.3 Å². The fourth-order valence-corrected chi connectivity index (χ4v) is 2.50. The van der Waals surface area contributed by atoms with E-state index in [0.717, 1.165) is 25.6 Å². The highest BCUT2D eigenvalue weighted by Gasteiger charge is 2.23. The van der Waals surface area contributed by atoms with Crippen LogP contribution in [0.3, 0.4) is 0 Å². The van der Waals surface area contributed by atoms with E-state index in [1.807, 2.05) is 0 Å². The molecule has 0 amide bonds. The van der Waals surface area contributed by atoms with Gasteiger partial charge in [-0.25, -0.2) is 0 Å². The smallest absolute Gasteiger partial charge is 0.193 e. The van der Waals surface area contributed by atoms with Gasteiger partial charge in [-0.3, -0.25) is 0 Å². The van der Waals surface area contributed by atoms with Gasteiger partial charge in [-0.15, -0.1) is 0 Å². The van der Waals surface area contributed by atoms with Gasteiger partial charge in [-0.1, -0.05) is 0 Å². The second-order valence-electron chi connectivity index (χ2n) is 4.20. The number of ether oxygens (including phenoxy) is 1. The van der Waals surface area contributed by atoms with E-state index in [4.69, 9.17) is 4.74 Å². The summed E-state index contributed by atoms with van der Waals surface area (Å²) in [5.74, 6) is 1.16. The molecule has 0 unspecified atom stereocenters. The zero-order valence-electron chi connectivity index (χ0n) is 9.88. The summed E-state index contributed by atoms with van der Waals surface area (Å²) in [6.07, 6.45) is 7.39. The Morgan fingerprint density at radius 2 is 1.93 bits per heavy atom. The predicted molar refractivity (Wildman–Crippen MR) is 62.5 cm³/mol. The summed E-state index contributed by atoms with van der Waals surface area (Å²) in [5, 5.41) is 0. The normalized spacial score (nSPS) is 20.5. The average Bonchev–Trinajstić information content (AvgIpc) is 2.31. The van der Waals surface area contributed by atoms with Crippen molar-refractivity contribution in [2.75, 3.05) is 19.7 Å². The molecule has 1 fully saturated rings. The topological polar surface area (TPSA) is 12.5 Å². The Hall–Kier alpha value is -0.920. The molecule has 1 saturated carbocycles. The minimum Gasteiger partial charge on any atom is -0.475 e. The summed E-state index contributed by atoms with van der Waals surface area (Å²) >= 11 is 0. The van der Waals surface area contributed by atoms with Crippen molar-refractivity contribution in [3.05, 3.63) is 23.1 Å². The van der Waals surface area contributed by atoms with Crippen LogP contribution in [0.5, 0.6) is 0 Å². The van der Waals surface area contributed by atoms with Gasteiger partial charge in [-0.05, 0) is 51.2 Å². The largest absolute Gasteiger partial charge is 0.475 e. The lowest BCUT2D eigenvalue weighted by atomic mass is 9.88. The number of fused-ring (bicyclic) bond motifs is 1. The Balaban J connectivity index is 2.26. The third-order valence-electron chi connectivity index (χ3n) is 3.37. The van der Waals surface area contributed by atoms with Gasteiger partial charge in [0.15, 0.2) is 5.88 Å². The first-order valence-electron chi connectivity index (χ1n) is 6.17. The molecule has 2 nitrogen and oxygen atoms in total. The van der Waals surface area contributed by atoms with Crippen LogP contribution in [-0.2, 0) is 4.74 Å². The fraction of sp³-hybridized carbons (Fsp3) is 0.692. The summed E-state index contributed by atoms with van der Waals surface area (Å²) in [4.78, 5) is 2.34. The van der Waals surface area contributed by atoms with Crippen molar-refractivity contribution in [1.82, 2.24) is 4.90 Å². The highest BCUT2D eigenvalue weighted by atomic mass is 16.5. The third-order valence-corrected chi connectivity index (χ3v) is 3.37. The number of allylic oxidation sites excluding steroid dienone is 2. The van der Waals surface area contributed by atoms with Crippen LogP contribution in [0.25, 0.3) is 0 Å². The van der Waals surface area contributed by atoms with Gasteiger partial charge in [0.25, 0.3) is 0 Å². The minimum atomic E-state index is 0.769. The molecular weight excluding hydrogens is 186 g/mol. The van der Waals surface area contributed by atoms with Gasteiger partial charge >= 0.3 is 0 Å². The first-order valence-corrected chi connectivity index (χ1v) is 6.17. The Bertz CT molecular complexity index is 287. The van der Waals surface area contributed by atoms with Gasteiger partial charge in [0.1, 0.15) is 6.61 Å². The Labute approximate surface area is 92.6 Å². The highest BCUT2D eigenvalue weighted by Crippen LogP contribution is 2.34. The lowest BCUT2D eigenvalue weighted by Crippen LogP contribution is -2.28. The molecular formula is C13H21NO. The second kappa shape index (κ2) is 4.73. The fourth-order valence-electron chi connectivity index (χ4n) is 2.50. The summed E-state index contributed by atoms with van der Waals surface area (Å²) in [6, 6.07) is 0. The highest BCUT2D eigenvalue weighted by molar-refractivity contribution is 5.36. The molecule has 1 aliphatic heterocycles. The molecule has 2 rings (SSSR count). The van der Waals surface area contributed by atoms with E-state index in [0.29, 0.717) is 0 Å². The van der Waals surface area contributed by atoms with Crippen molar-refractivity contribution in [3.63, 3.8) is 0 Å². The van der Waals surface area contributed by atoms with Gasteiger partial charge in [0.2, 0.25) is 0 Å². The molecule has 84 valence electrons. The SMILES string of the molecule is CCN(CC)C1=C2CCCCC2=CCO1. The van der Waals surface area contributed by atoms with Crippen LogP contribution >= 0.6 is 0 Å². The number of hydrogen-bond donors (Lipinski definition) is 0. The Kier molecular flexibility index (Phi) is 3.34. The molecule has 15 heavy (non-hydrogen) atoms. The summed E-state index contributed by atoms with van der Waals surface area (Å²) in [6.45, 7) is 7.25. The first kappa shape index (κ1) is 10.6. The molecule has 0 atom stereocenters. The molecule has 0 N–H and O–H groups in total. The predicted octanol–water partition coefficient (Wildman–Crippen LogP) is 3.07. The lowest BCUT2D eigenvalue weighted by Gasteiger charge is -2.32. The Morgan fingerprint density at radius 3 is 2.67 bits per heavy atom. The molecule has 0 radical (unpaired) electrons. The van der Waals surface area contributed by atoms with Crippen LogP contribution in [-0.4, -0.2) is 24.6 Å². The zero-order valence-corrected chi connectivity index (χ0v) is 9.88. The third kappa shape index (κ3) is 2.04. The molecule has 0 aromatic heterocycles. The van der Waals surface area contributed by atoms with Crippen molar-refractivity contribution >= 4 is 0 Å². The van der Waals surface area contributed by atoms with E-state index in [-0.39, 0.29) is 0 Å². The molecule has 0 saturated heterocycles. The molecule has 0 bridgehead atoms. The quantitative estimate of drug-likeness (QED) is 0.705. The van der Waals surface area contributed by atoms with Crippen molar-refractivity contribution in [2.24, 2.45) is 0 Å². The molecule has 2 heteroatoms. The molecule has 0 aromatic rings. The maximum Gasteiger partial charge on any atom is 0.193 e. The van der Waals surface area contributed by atoms with E-state index in [9.17, 15) is 0 Å². The molecule has 1 aliphatic carbocycles. The molecule has 0 aromatic carbocycles. The van der Waals surface area contributed by atoms with Crippen LogP contribution in [0.2, 0.25) is 0 Å². The summed E-state index contributed by atoms with van der Waals surface area (Å²) in [7, 11) is 0. The number of rotatable bonds is 3. The van der Waals surface area contributed by atoms with E-state index < -0.39 is 0 Å². The van der Waals surface area contributed by atoms with Crippen LogP contribution in [0.4, 0.5) is 0 Å². The minimum absolute atomic E-state index is 0.769. The standard InChI is InChI=1S/C13H21NO/c1-3-14(4-2)13-12-8-6-5-7-11(12)9-10-15-13/h9H,3-8,10H2,1-2H3. The van der Waals surface area contributed by atoms with Crippen molar-refractivity contribution in [2.45, 2.75) is 39.5 Å². The Morgan fingerprint density at radius 1 is 1.20 bits per heavy atom. The number of hydrogen-bond acceptors (Lipinski definition) is 2. The van der Waals surface area contributed by atoms with E-state index >= 15 is 0 Å². The van der Waals surface area contributed by atoms with Gasteiger partial charge in [0, 0.05) is 18.7 Å². The van der Waals surface area contributed by atoms with E-state index in [1.54, 1.807) is 5.57 Å². The first-order chi connectivity index (χ1) is 7.36. The van der Waals surface area contributed by atoms with Crippen LogP contribution < -0.4 is 0 Å². The zero-order chi connectivity index (χ0) is 10.7. The summed E-state index contributed by atoms with van der Waals surface area (Å²) in [5.41, 5.74) is 3.03. The van der Waals surface area contributed by atoms with Crippen molar-refractivity contribution in [1.29, 1.82) is 0 Å². The van der Waals surface area contributed by atoms with Crippen LogP contribution in [0.1, 0.15) is 39.5 Å². The van der Waals surface area contributed by atoms with Gasteiger partial charge in [0.05, 0.1) is 0 Å². The lowest BCUT2D eigenvalue weighted by molar-refractivity contribution is 0.127. The van der Waals surface area contributed by atoms with Crippen molar-refractivity contribution < 1.29 is 4.74 Å². The number of nitrogens with zero attached hydrogens (tertiary/aromatic N) is 1. The maximum atomic E-state index is 5.82. The van der Waals surface area contributed by atoms with Crippen molar-refractivity contribution in [3.8, 4) is 0 Å². The molecule has 0 spiro atoms.